The van der Waals surface area contributed by atoms with E-state index in [-0.39, 0.29) is 17.6 Å². The van der Waals surface area contributed by atoms with Gasteiger partial charge in [-0.2, -0.15) is 0 Å². The fraction of sp³-hybridized carbons (Fsp3) is 0.533. The van der Waals surface area contributed by atoms with E-state index in [1.54, 1.807) is 24.1 Å². The Morgan fingerprint density at radius 1 is 1.40 bits per heavy atom. The predicted octanol–water partition coefficient (Wildman–Crippen LogP) is 2.03. The zero-order valence-corrected chi connectivity index (χ0v) is 12.3. The highest BCUT2D eigenvalue weighted by Crippen LogP contribution is 2.23. The number of benzene rings is 1. The van der Waals surface area contributed by atoms with Crippen LogP contribution in [0.15, 0.2) is 18.2 Å². The van der Waals surface area contributed by atoms with Crippen LogP contribution >= 0.6 is 0 Å². The van der Waals surface area contributed by atoms with Gasteiger partial charge in [-0.1, -0.05) is 6.07 Å². The molecule has 1 aromatic rings. The van der Waals surface area contributed by atoms with Crippen LogP contribution in [0, 0.1) is 5.82 Å². The summed E-state index contributed by atoms with van der Waals surface area (Å²) in [6.07, 6.45) is 1.92. The Kier molecular flexibility index (Phi) is 4.60. The average Bonchev–Trinajstić information content (AvgIpc) is 2.46. The highest BCUT2D eigenvalue weighted by molar-refractivity contribution is 5.99. The van der Waals surface area contributed by atoms with Crippen LogP contribution in [0.1, 0.15) is 23.2 Å². The maximum Gasteiger partial charge on any atom is 0.256 e. The highest BCUT2D eigenvalue weighted by atomic mass is 19.1. The van der Waals surface area contributed by atoms with Gasteiger partial charge in [0.25, 0.3) is 5.91 Å². The number of amides is 1. The number of halogens is 1. The number of anilines is 1. The summed E-state index contributed by atoms with van der Waals surface area (Å²) >= 11 is 0. The van der Waals surface area contributed by atoms with Crippen molar-refractivity contribution in [1.29, 1.82) is 0 Å². The summed E-state index contributed by atoms with van der Waals surface area (Å²) < 4.78 is 13.7. The second kappa shape index (κ2) is 6.22. The molecule has 1 amide bonds. The Hall–Kier alpha value is -1.62. The van der Waals surface area contributed by atoms with Crippen LogP contribution in [0.3, 0.4) is 0 Å². The molecule has 0 bridgehead atoms. The lowest BCUT2D eigenvalue weighted by Gasteiger charge is -2.35. The molecule has 1 N–H and O–H groups in total. The highest BCUT2D eigenvalue weighted by Gasteiger charge is 2.26. The van der Waals surface area contributed by atoms with Gasteiger partial charge in [0.1, 0.15) is 5.82 Å². The number of hydrogen-bond donors (Lipinski definition) is 1. The quantitative estimate of drug-likeness (QED) is 0.919. The van der Waals surface area contributed by atoms with Crippen molar-refractivity contribution in [3.8, 4) is 0 Å². The molecule has 0 radical (unpaired) electrons. The van der Waals surface area contributed by atoms with E-state index in [0.29, 0.717) is 5.56 Å². The van der Waals surface area contributed by atoms with Crippen LogP contribution in [0.4, 0.5) is 10.1 Å². The van der Waals surface area contributed by atoms with Gasteiger partial charge in [-0.05, 0) is 45.1 Å². The molecule has 0 spiro atoms. The van der Waals surface area contributed by atoms with E-state index < -0.39 is 5.82 Å². The standard InChI is InChI=1S/C15H22FN3O/c1-17-14-12(5-4-6-13(14)16)15(20)19(3)11-7-9-18(2)10-8-11/h4-6,11,17H,7-10H2,1-3H3. The Bertz CT molecular complexity index is 484. The molecular formula is C15H22FN3O. The molecule has 0 saturated carbocycles. The van der Waals surface area contributed by atoms with E-state index in [2.05, 4.69) is 17.3 Å². The molecule has 1 heterocycles. The number of hydrogen-bond acceptors (Lipinski definition) is 3. The molecule has 1 fully saturated rings. The van der Waals surface area contributed by atoms with Crippen molar-refractivity contribution in [2.75, 3.05) is 39.5 Å². The van der Waals surface area contributed by atoms with E-state index in [1.165, 1.54) is 6.07 Å². The normalized spacial score (nSPS) is 17.0. The maximum absolute atomic E-state index is 13.7. The van der Waals surface area contributed by atoms with Crippen molar-refractivity contribution in [3.63, 3.8) is 0 Å². The Morgan fingerprint density at radius 2 is 2.05 bits per heavy atom. The first kappa shape index (κ1) is 14.8. The van der Waals surface area contributed by atoms with Crippen LogP contribution in [0.2, 0.25) is 0 Å². The molecule has 4 nitrogen and oxygen atoms in total. The van der Waals surface area contributed by atoms with Crippen molar-refractivity contribution >= 4 is 11.6 Å². The van der Waals surface area contributed by atoms with E-state index in [1.807, 2.05) is 7.05 Å². The second-order valence-corrected chi connectivity index (χ2v) is 5.36. The third-order valence-corrected chi connectivity index (χ3v) is 4.05. The van der Waals surface area contributed by atoms with Gasteiger partial charge in [0.05, 0.1) is 11.3 Å². The minimum Gasteiger partial charge on any atom is -0.385 e. The summed E-state index contributed by atoms with van der Waals surface area (Å²) in [7, 11) is 5.52. The Balaban J connectivity index is 2.16. The molecule has 0 aliphatic carbocycles. The molecule has 1 aliphatic rings. The summed E-state index contributed by atoms with van der Waals surface area (Å²) in [5, 5.41) is 2.78. The topological polar surface area (TPSA) is 35.6 Å². The van der Waals surface area contributed by atoms with E-state index in [4.69, 9.17) is 0 Å². The number of carbonyl (C=O) groups excluding carboxylic acids is 1. The maximum atomic E-state index is 13.7. The van der Waals surface area contributed by atoms with Crippen molar-refractivity contribution in [2.45, 2.75) is 18.9 Å². The lowest BCUT2D eigenvalue weighted by atomic mass is 10.0. The second-order valence-electron chi connectivity index (χ2n) is 5.36. The van der Waals surface area contributed by atoms with Crippen LogP contribution in [-0.2, 0) is 0 Å². The number of para-hydroxylation sites is 1. The Morgan fingerprint density at radius 3 is 2.65 bits per heavy atom. The third-order valence-electron chi connectivity index (χ3n) is 4.05. The molecular weight excluding hydrogens is 257 g/mol. The molecule has 0 atom stereocenters. The smallest absolute Gasteiger partial charge is 0.256 e. The molecule has 5 heteroatoms. The van der Waals surface area contributed by atoms with Gasteiger partial charge in [0, 0.05) is 20.1 Å². The van der Waals surface area contributed by atoms with Crippen LogP contribution < -0.4 is 5.32 Å². The largest absolute Gasteiger partial charge is 0.385 e. The van der Waals surface area contributed by atoms with Crippen LogP contribution in [0.5, 0.6) is 0 Å². The van der Waals surface area contributed by atoms with Gasteiger partial charge in [-0.25, -0.2) is 4.39 Å². The number of carbonyl (C=O) groups is 1. The first-order valence-electron chi connectivity index (χ1n) is 6.96. The molecule has 110 valence electrons. The van der Waals surface area contributed by atoms with Gasteiger partial charge in [-0.3, -0.25) is 4.79 Å². The lowest BCUT2D eigenvalue weighted by molar-refractivity contribution is 0.0660. The number of likely N-dealkylation sites (tertiary alicyclic amines) is 1. The summed E-state index contributed by atoms with van der Waals surface area (Å²) in [6, 6.07) is 4.83. The number of rotatable bonds is 3. The molecule has 0 unspecified atom stereocenters. The number of nitrogens with one attached hydrogen (secondary N) is 1. The average molecular weight is 279 g/mol. The number of piperidine rings is 1. The monoisotopic (exact) mass is 279 g/mol. The van der Waals surface area contributed by atoms with Crippen molar-refractivity contribution < 1.29 is 9.18 Å². The lowest BCUT2D eigenvalue weighted by Crippen LogP contribution is -2.44. The van der Waals surface area contributed by atoms with E-state index >= 15 is 0 Å². The SMILES string of the molecule is CNc1c(F)cccc1C(=O)N(C)C1CCN(C)CC1. The fourth-order valence-electron chi connectivity index (χ4n) is 2.69. The summed E-state index contributed by atoms with van der Waals surface area (Å²) in [5.74, 6) is -0.515. The minimum atomic E-state index is -0.393. The van der Waals surface area contributed by atoms with Crippen molar-refractivity contribution in [3.05, 3.63) is 29.6 Å². The van der Waals surface area contributed by atoms with Crippen LogP contribution in [-0.4, -0.2) is 56.0 Å². The van der Waals surface area contributed by atoms with Crippen molar-refractivity contribution in [1.82, 2.24) is 9.80 Å². The van der Waals surface area contributed by atoms with E-state index in [0.717, 1.165) is 25.9 Å². The van der Waals surface area contributed by atoms with Crippen LogP contribution in [0.25, 0.3) is 0 Å². The van der Waals surface area contributed by atoms with Gasteiger partial charge in [-0.15, -0.1) is 0 Å². The van der Waals surface area contributed by atoms with Crippen molar-refractivity contribution in [2.24, 2.45) is 0 Å². The summed E-state index contributed by atoms with van der Waals surface area (Å²) in [6.45, 7) is 1.98. The van der Waals surface area contributed by atoms with Gasteiger partial charge in [0.15, 0.2) is 0 Å². The van der Waals surface area contributed by atoms with E-state index in [9.17, 15) is 9.18 Å². The zero-order valence-electron chi connectivity index (χ0n) is 12.3. The number of nitrogens with zero attached hydrogens (tertiary/aromatic N) is 2. The predicted molar refractivity (Wildman–Crippen MR) is 78.6 cm³/mol. The molecule has 1 saturated heterocycles. The molecule has 1 aromatic carbocycles. The zero-order chi connectivity index (χ0) is 14.7. The Labute approximate surface area is 119 Å². The summed E-state index contributed by atoms with van der Waals surface area (Å²) in [4.78, 5) is 16.6. The van der Waals surface area contributed by atoms with Gasteiger partial charge >= 0.3 is 0 Å². The van der Waals surface area contributed by atoms with Gasteiger partial charge in [0.2, 0.25) is 0 Å². The molecule has 2 rings (SSSR count). The minimum absolute atomic E-state index is 0.122. The third kappa shape index (κ3) is 2.93. The fourth-order valence-corrected chi connectivity index (χ4v) is 2.69. The summed E-state index contributed by atoms with van der Waals surface area (Å²) in [5.41, 5.74) is 0.672. The molecule has 0 aromatic heterocycles. The van der Waals surface area contributed by atoms with Gasteiger partial charge < -0.3 is 15.1 Å². The first-order chi connectivity index (χ1) is 9.54. The first-order valence-corrected chi connectivity index (χ1v) is 6.96. The molecule has 20 heavy (non-hydrogen) atoms. The molecule has 1 aliphatic heterocycles.